The van der Waals surface area contributed by atoms with Crippen LogP contribution in [0.15, 0.2) is 22.8 Å². The number of hydrogen-bond donors (Lipinski definition) is 0. The second-order valence-corrected chi connectivity index (χ2v) is 8.62. The molecule has 0 spiro atoms. The molecule has 0 saturated heterocycles. The lowest BCUT2D eigenvalue weighted by atomic mass is 9.51. The first-order valence-corrected chi connectivity index (χ1v) is 8.69. The summed E-state index contributed by atoms with van der Waals surface area (Å²) in [4.78, 5) is 0. The van der Waals surface area contributed by atoms with Crippen LogP contribution in [-0.4, -0.2) is 0 Å². The van der Waals surface area contributed by atoms with Gasteiger partial charge in [-0.3, -0.25) is 0 Å². The van der Waals surface area contributed by atoms with Gasteiger partial charge < -0.3 is 0 Å². The summed E-state index contributed by atoms with van der Waals surface area (Å²) in [5.74, 6) is 1.82. The van der Waals surface area contributed by atoms with Crippen molar-refractivity contribution in [1.29, 1.82) is 0 Å². The highest BCUT2D eigenvalue weighted by molar-refractivity contribution is 5.26. The van der Waals surface area contributed by atoms with E-state index in [0.717, 1.165) is 11.8 Å². The van der Waals surface area contributed by atoms with Gasteiger partial charge in [-0.2, -0.15) is 0 Å². The number of fused-ring (bicyclic) bond motifs is 3. The van der Waals surface area contributed by atoms with Crippen molar-refractivity contribution in [3.05, 3.63) is 22.8 Å². The van der Waals surface area contributed by atoms with Gasteiger partial charge >= 0.3 is 0 Å². The van der Waals surface area contributed by atoms with Crippen molar-refractivity contribution in [2.24, 2.45) is 22.7 Å². The number of hydrogen-bond acceptors (Lipinski definition) is 0. The molecular formula is C20H32. The van der Waals surface area contributed by atoms with E-state index in [0.29, 0.717) is 10.8 Å². The van der Waals surface area contributed by atoms with Crippen LogP contribution in [0.1, 0.15) is 79.6 Å². The number of allylic oxidation sites excluding steroid dienone is 4. The maximum atomic E-state index is 2.64. The fourth-order valence-corrected chi connectivity index (χ4v) is 5.92. The van der Waals surface area contributed by atoms with E-state index in [1.165, 1.54) is 44.9 Å². The summed E-state index contributed by atoms with van der Waals surface area (Å²) in [6, 6.07) is 0. The Balaban J connectivity index is 1.97. The molecule has 0 radical (unpaired) electrons. The van der Waals surface area contributed by atoms with Crippen LogP contribution in [0.4, 0.5) is 0 Å². The molecule has 3 aliphatic carbocycles. The smallest absolute Gasteiger partial charge is 0.0144 e. The number of rotatable bonds is 0. The molecule has 3 rings (SSSR count). The van der Waals surface area contributed by atoms with E-state index in [1.807, 2.05) is 5.57 Å². The van der Waals surface area contributed by atoms with Crippen molar-refractivity contribution in [3.63, 3.8) is 0 Å². The molecule has 0 aromatic heterocycles. The minimum absolute atomic E-state index is 0.570. The first kappa shape index (κ1) is 14.4. The van der Waals surface area contributed by atoms with Crippen LogP contribution in [0.25, 0.3) is 0 Å². The van der Waals surface area contributed by atoms with Crippen LogP contribution < -0.4 is 0 Å². The first-order chi connectivity index (χ1) is 9.37. The molecule has 4 atom stereocenters. The third-order valence-electron chi connectivity index (χ3n) is 7.18. The average Bonchev–Trinajstić information content (AvgIpc) is 2.64. The zero-order chi connectivity index (χ0) is 14.5. The van der Waals surface area contributed by atoms with Crippen LogP contribution in [0.3, 0.4) is 0 Å². The molecule has 0 heterocycles. The predicted molar refractivity (Wildman–Crippen MR) is 87.6 cm³/mol. The normalized spacial score (nSPS) is 44.5. The lowest BCUT2D eigenvalue weighted by Gasteiger charge is -2.54. The van der Waals surface area contributed by atoms with E-state index in [1.54, 1.807) is 11.1 Å². The third kappa shape index (κ3) is 2.02. The Kier molecular flexibility index (Phi) is 3.42. The van der Waals surface area contributed by atoms with Crippen LogP contribution in [0.5, 0.6) is 0 Å². The molecule has 0 aromatic carbocycles. The summed E-state index contributed by atoms with van der Waals surface area (Å²) >= 11 is 0. The van der Waals surface area contributed by atoms with Crippen LogP contribution in [-0.2, 0) is 0 Å². The van der Waals surface area contributed by atoms with Crippen molar-refractivity contribution >= 4 is 0 Å². The summed E-state index contributed by atoms with van der Waals surface area (Å²) in [5, 5.41) is 0. The fourth-order valence-electron chi connectivity index (χ4n) is 5.92. The maximum absolute atomic E-state index is 2.64. The molecule has 2 fully saturated rings. The molecule has 0 heteroatoms. The molecule has 20 heavy (non-hydrogen) atoms. The van der Waals surface area contributed by atoms with Crippen LogP contribution in [0.2, 0.25) is 0 Å². The van der Waals surface area contributed by atoms with Gasteiger partial charge in [0.25, 0.3) is 0 Å². The van der Waals surface area contributed by atoms with Gasteiger partial charge in [-0.05, 0) is 88.4 Å². The van der Waals surface area contributed by atoms with Crippen LogP contribution >= 0.6 is 0 Å². The Morgan fingerprint density at radius 2 is 1.85 bits per heavy atom. The molecule has 0 bridgehead atoms. The average molecular weight is 272 g/mol. The second-order valence-electron chi connectivity index (χ2n) is 8.62. The van der Waals surface area contributed by atoms with Crippen molar-refractivity contribution in [2.45, 2.75) is 79.6 Å². The lowest BCUT2D eigenvalue weighted by Crippen LogP contribution is -2.46. The van der Waals surface area contributed by atoms with E-state index >= 15 is 0 Å². The van der Waals surface area contributed by atoms with Crippen molar-refractivity contribution in [1.82, 2.24) is 0 Å². The zero-order valence-electron chi connectivity index (χ0n) is 14.2. The van der Waals surface area contributed by atoms with E-state index in [2.05, 4.69) is 40.7 Å². The maximum Gasteiger partial charge on any atom is -0.0144 e. The summed E-state index contributed by atoms with van der Waals surface area (Å²) in [7, 11) is 0. The largest absolute Gasteiger partial charge is 0.0851 e. The monoisotopic (exact) mass is 272 g/mol. The van der Waals surface area contributed by atoms with Crippen molar-refractivity contribution < 1.29 is 0 Å². The van der Waals surface area contributed by atoms with Gasteiger partial charge in [-0.1, -0.05) is 36.6 Å². The van der Waals surface area contributed by atoms with Crippen LogP contribution in [0, 0.1) is 22.7 Å². The Labute approximate surface area is 125 Å². The van der Waals surface area contributed by atoms with E-state index in [-0.39, 0.29) is 0 Å². The Morgan fingerprint density at radius 1 is 1.10 bits per heavy atom. The van der Waals surface area contributed by atoms with E-state index in [9.17, 15) is 0 Å². The summed E-state index contributed by atoms with van der Waals surface area (Å²) in [6.45, 7) is 12.3. The van der Waals surface area contributed by atoms with Gasteiger partial charge in [0.05, 0.1) is 0 Å². The van der Waals surface area contributed by atoms with E-state index in [4.69, 9.17) is 0 Å². The van der Waals surface area contributed by atoms with Crippen molar-refractivity contribution in [2.75, 3.05) is 0 Å². The van der Waals surface area contributed by atoms with Crippen molar-refractivity contribution in [3.8, 4) is 0 Å². The first-order valence-electron chi connectivity index (χ1n) is 8.69. The molecule has 0 amide bonds. The highest BCUT2D eigenvalue weighted by Crippen LogP contribution is 2.65. The van der Waals surface area contributed by atoms with Gasteiger partial charge in [-0.25, -0.2) is 0 Å². The fraction of sp³-hybridized carbons (Fsp3) is 0.800. The Bertz CT molecular complexity index is 462. The van der Waals surface area contributed by atoms with Gasteiger partial charge in [0.1, 0.15) is 0 Å². The molecular weight excluding hydrogens is 240 g/mol. The SMILES string of the molecule is CC1=CC[C@]2(C)CC[C@H]3C(=C(C)C)CC[C@]3(C)[C@H]2CC1. The molecule has 0 unspecified atom stereocenters. The second kappa shape index (κ2) is 4.75. The minimum atomic E-state index is 0.570. The lowest BCUT2D eigenvalue weighted by molar-refractivity contribution is -0.0338. The molecule has 112 valence electrons. The highest BCUT2D eigenvalue weighted by Gasteiger charge is 2.56. The van der Waals surface area contributed by atoms with Gasteiger partial charge in [0, 0.05) is 0 Å². The minimum Gasteiger partial charge on any atom is -0.0851 e. The summed E-state index contributed by atoms with van der Waals surface area (Å²) in [5.41, 5.74) is 6.23. The summed E-state index contributed by atoms with van der Waals surface area (Å²) < 4.78 is 0. The molecule has 0 nitrogen and oxygen atoms in total. The highest BCUT2D eigenvalue weighted by atomic mass is 14.6. The third-order valence-corrected chi connectivity index (χ3v) is 7.18. The standard InChI is InChI=1S/C20H32/c1-14(2)16-9-13-20(5)17(16)10-12-19(4)11-8-15(3)6-7-18(19)20/h8,17-18H,6-7,9-13H2,1-5H3/t17-,18-,19+,20-/m0/s1. The van der Waals surface area contributed by atoms with Gasteiger partial charge in [-0.15, -0.1) is 0 Å². The quantitative estimate of drug-likeness (QED) is 0.455. The summed E-state index contributed by atoms with van der Waals surface area (Å²) in [6.07, 6.45) is 12.4. The molecule has 3 aliphatic rings. The zero-order valence-corrected chi connectivity index (χ0v) is 14.2. The van der Waals surface area contributed by atoms with Gasteiger partial charge in [0.2, 0.25) is 0 Å². The molecule has 0 N–H and O–H groups in total. The van der Waals surface area contributed by atoms with Gasteiger partial charge in [0.15, 0.2) is 0 Å². The van der Waals surface area contributed by atoms with E-state index < -0.39 is 0 Å². The molecule has 0 aliphatic heterocycles. The molecule has 2 saturated carbocycles. The Morgan fingerprint density at radius 3 is 2.55 bits per heavy atom. The predicted octanol–water partition coefficient (Wildman–Crippen LogP) is 6.29. The molecule has 0 aromatic rings. The topological polar surface area (TPSA) is 0 Å². The Hall–Kier alpha value is -0.520.